The molecule has 2 rings (SSSR count). The SMILES string of the molecule is C\C=N/C(=C\C(C#N)=C\CC)Nc1cc(C2CCC(C)C2)[nH]n1. The number of anilines is 1. The minimum Gasteiger partial charge on any atom is -0.323 e. The van der Waals surface area contributed by atoms with E-state index in [0.717, 1.165) is 18.2 Å². The molecule has 1 aromatic rings. The van der Waals surface area contributed by atoms with Crippen LogP contribution in [0.15, 0.2) is 34.6 Å². The lowest BCUT2D eigenvalue weighted by atomic mass is 10.0. The second-order valence-corrected chi connectivity index (χ2v) is 6.05. The average Bonchev–Trinajstić information content (AvgIpc) is 3.16. The summed E-state index contributed by atoms with van der Waals surface area (Å²) in [4.78, 5) is 4.29. The van der Waals surface area contributed by atoms with Gasteiger partial charge in [0.15, 0.2) is 5.82 Å². The van der Waals surface area contributed by atoms with Crippen molar-refractivity contribution in [3.8, 4) is 6.07 Å². The molecule has 1 aromatic heterocycles. The number of nitrogens with zero attached hydrogens (tertiary/aromatic N) is 3. The minimum atomic E-state index is 0.574. The molecule has 1 fully saturated rings. The third kappa shape index (κ3) is 4.82. The number of hydrogen-bond donors (Lipinski definition) is 2. The zero-order valence-corrected chi connectivity index (χ0v) is 14.1. The number of aliphatic imine (C=N–C) groups is 1. The molecule has 1 saturated carbocycles. The van der Waals surface area contributed by atoms with E-state index < -0.39 is 0 Å². The quantitative estimate of drug-likeness (QED) is 0.461. The van der Waals surface area contributed by atoms with Gasteiger partial charge in [-0.05, 0) is 38.2 Å². The van der Waals surface area contributed by atoms with Gasteiger partial charge in [0.05, 0.1) is 11.6 Å². The van der Waals surface area contributed by atoms with Crippen LogP contribution in [-0.2, 0) is 0 Å². The second kappa shape index (κ2) is 8.33. The molecule has 1 aliphatic rings. The Morgan fingerprint density at radius 2 is 2.39 bits per heavy atom. The first kappa shape index (κ1) is 17.0. The first-order chi connectivity index (χ1) is 11.2. The van der Waals surface area contributed by atoms with Crippen LogP contribution in [-0.4, -0.2) is 16.4 Å². The van der Waals surface area contributed by atoms with E-state index >= 15 is 0 Å². The third-order valence-corrected chi connectivity index (χ3v) is 4.10. The lowest BCUT2D eigenvalue weighted by Crippen LogP contribution is -1.98. The van der Waals surface area contributed by atoms with Crippen molar-refractivity contribution in [3.05, 3.63) is 35.3 Å². The molecule has 1 heterocycles. The minimum absolute atomic E-state index is 0.574. The third-order valence-electron chi connectivity index (χ3n) is 4.10. The van der Waals surface area contributed by atoms with E-state index in [0.29, 0.717) is 17.3 Å². The van der Waals surface area contributed by atoms with Gasteiger partial charge in [-0.3, -0.25) is 5.10 Å². The lowest BCUT2D eigenvalue weighted by Gasteiger charge is -2.05. The highest BCUT2D eigenvalue weighted by Gasteiger charge is 2.24. The molecule has 0 amide bonds. The molecule has 2 N–H and O–H groups in total. The molecule has 122 valence electrons. The Morgan fingerprint density at radius 1 is 1.57 bits per heavy atom. The molecule has 0 aromatic carbocycles. The largest absolute Gasteiger partial charge is 0.323 e. The molecule has 0 radical (unpaired) electrons. The molecule has 0 bridgehead atoms. The van der Waals surface area contributed by atoms with Crippen molar-refractivity contribution in [1.82, 2.24) is 10.2 Å². The van der Waals surface area contributed by atoms with Crippen molar-refractivity contribution in [2.24, 2.45) is 10.9 Å². The van der Waals surface area contributed by atoms with Gasteiger partial charge in [0.1, 0.15) is 5.82 Å². The summed E-state index contributed by atoms with van der Waals surface area (Å²) in [6.45, 7) is 6.15. The van der Waals surface area contributed by atoms with Gasteiger partial charge in [-0.2, -0.15) is 10.4 Å². The maximum absolute atomic E-state index is 9.15. The number of hydrogen-bond acceptors (Lipinski definition) is 4. The standard InChI is InChI=1S/C18H25N5/c1-4-6-14(12-19)10-17(20-5-2)21-18-11-16(22-23-18)15-8-7-13(3)9-15/h5-6,10-11,13,15H,4,7-9H2,1-3H3,(H2,21,22,23)/b14-6-,17-10+,20-5-. The number of H-pyrrole nitrogens is 1. The number of nitriles is 1. The molecule has 2 atom stereocenters. The van der Waals surface area contributed by atoms with Gasteiger partial charge in [-0.15, -0.1) is 0 Å². The van der Waals surface area contributed by atoms with Crippen LogP contribution in [0.25, 0.3) is 0 Å². The fourth-order valence-electron chi connectivity index (χ4n) is 2.98. The molecule has 0 spiro atoms. The predicted molar refractivity (Wildman–Crippen MR) is 94.2 cm³/mol. The van der Waals surface area contributed by atoms with Crippen molar-refractivity contribution in [2.45, 2.75) is 52.4 Å². The van der Waals surface area contributed by atoms with E-state index in [2.05, 4.69) is 39.6 Å². The summed E-state index contributed by atoms with van der Waals surface area (Å²) in [5.41, 5.74) is 1.78. The van der Waals surface area contributed by atoms with Crippen LogP contribution >= 0.6 is 0 Å². The molecule has 23 heavy (non-hydrogen) atoms. The molecule has 2 unspecified atom stereocenters. The Labute approximate surface area is 138 Å². The molecule has 1 aliphatic carbocycles. The monoisotopic (exact) mass is 311 g/mol. The number of nitrogens with one attached hydrogen (secondary N) is 2. The Kier molecular flexibility index (Phi) is 6.16. The van der Waals surface area contributed by atoms with Gasteiger partial charge in [0, 0.05) is 23.9 Å². The van der Waals surface area contributed by atoms with Gasteiger partial charge in [-0.25, -0.2) is 4.99 Å². The number of allylic oxidation sites excluding steroid dienone is 3. The highest BCUT2D eigenvalue weighted by Crippen LogP contribution is 2.37. The van der Waals surface area contributed by atoms with Gasteiger partial charge in [0.2, 0.25) is 0 Å². The van der Waals surface area contributed by atoms with Crippen LogP contribution < -0.4 is 5.32 Å². The first-order valence-corrected chi connectivity index (χ1v) is 8.29. The molecule has 5 heteroatoms. The summed E-state index contributed by atoms with van der Waals surface area (Å²) in [7, 11) is 0. The average molecular weight is 311 g/mol. The predicted octanol–water partition coefficient (Wildman–Crippen LogP) is 4.52. The number of aromatic amines is 1. The Bertz CT molecular complexity index is 645. The van der Waals surface area contributed by atoms with Crippen LogP contribution in [0.3, 0.4) is 0 Å². The summed E-state index contributed by atoms with van der Waals surface area (Å²) in [6, 6.07) is 4.23. The topological polar surface area (TPSA) is 76.9 Å². The van der Waals surface area contributed by atoms with Gasteiger partial charge >= 0.3 is 0 Å². The van der Waals surface area contributed by atoms with Gasteiger partial charge < -0.3 is 5.32 Å². The van der Waals surface area contributed by atoms with Crippen LogP contribution in [0.2, 0.25) is 0 Å². The van der Waals surface area contributed by atoms with Crippen LogP contribution in [0.1, 0.15) is 58.1 Å². The lowest BCUT2D eigenvalue weighted by molar-refractivity contribution is 0.591. The maximum atomic E-state index is 9.15. The van der Waals surface area contributed by atoms with E-state index in [1.165, 1.54) is 25.0 Å². The molecule has 0 aliphatic heterocycles. The molecular weight excluding hydrogens is 286 g/mol. The Morgan fingerprint density at radius 3 is 3.00 bits per heavy atom. The van der Waals surface area contributed by atoms with Crippen molar-refractivity contribution in [3.63, 3.8) is 0 Å². The fourth-order valence-corrected chi connectivity index (χ4v) is 2.98. The Hall–Kier alpha value is -2.35. The van der Waals surface area contributed by atoms with Crippen molar-refractivity contribution < 1.29 is 0 Å². The Balaban J connectivity index is 2.12. The summed E-state index contributed by atoms with van der Waals surface area (Å²) < 4.78 is 0. The normalized spacial score (nSPS) is 22.5. The van der Waals surface area contributed by atoms with E-state index in [4.69, 9.17) is 5.26 Å². The number of rotatable bonds is 6. The maximum Gasteiger partial charge on any atom is 0.153 e. The van der Waals surface area contributed by atoms with Crippen molar-refractivity contribution >= 4 is 12.0 Å². The van der Waals surface area contributed by atoms with E-state index in [9.17, 15) is 0 Å². The summed E-state index contributed by atoms with van der Waals surface area (Å²) in [5.74, 6) is 2.72. The smallest absolute Gasteiger partial charge is 0.153 e. The van der Waals surface area contributed by atoms with E-state index in [1.807, 2.05) is 19.9 Å². The zero-order valence-electron chi connectivity index (χ0n) is 14.1. The molecular formula is C18H25N5. The van der Waals surface area contributed by atoms with Crippen LogP contribution in [0.4, 0.5) is 5.82 Å². The van der Waals surface area contributed by atoms with Crippen molar-refractivity contribution in [1.29, 1.82) is 5.26 Å². The first-order valence-electron chi connectivity index (χ1n) is 8.29. The zero-order chi connectivity index (χ0) is 16.7. The van der Waals surface area contributed by atoms with Gasteiger partial charge in [0.25, 0.3) is 0 Å². The van der Waals surface area contributed by atoms with Crippen LogP contribution in [0.5, 0.6) is 0 Å². The van der Waals surface area contributed by atoms with E-state index in [1.54, 1.807) is 12.3 Å². The highest BCUT2D eigenvalue weighted by atomic mass is 15.2. The summed E-state index contributed by atoms with van der Waals surface area (Å²) >= 11 is 0. The summed E-state index contributed by atoms with van der Waals surface area (Å²) in [5, 5.41) is 19.8. The van der Waals surface area contributed by atoms with Crippen molar-refractivity contribution in [2.75, 3.05) is 5.32 Å². The summed E-state index contributed by atoms with van der Waals surface area (Å²) in [6.07, 6.45) is 9.86. The van der Waals surface area contributed by atoms with E-state index in [-0.39, 0.29) is 0 Å². The molecule has 0 saturated heterocycles. The highest BCUT2D eigenvalue weighted by molar-refractivity contribution is 5.58. The van der Waals surface area contributed by atoms with Crippen LogP contribution in [0, 0.1) is 17.2 Å². The van der Waals surface area contributed by atoms with Gasteiger partial charge in [-0.1, -0.05) is 26.3 Å². The fraction of sp³-hybridized carbons (Fsp3) is 0.500. The number of aromatic nitrogens is 2. The molecule has 5 nitrogen and oxygen atoms in total. The second-order valence-electron chi connectivity index (χ2n) is 6.05.